The Kier molecular flexibility index (Phi) is 7.31. The van der Waals surface area contributed by atoms with Gasteiger partial charge in [-0.15, -0.1) is 0 Å². The van der Waals surface area contributed by atoms with E-state index in [4.69, 9.17) is 0 Å². The number of rotatable bonds is 2. The molecule has 0 aromatic rings. The number of hydrogen-bond donors (Lipinski definition) is 0. The van der Waals surface area contributed by atoms with Crippen molar-refractivity contribution in [2.45, 2.75) is 37.8 Å². The van der Waals surface area contributed by atoms with Crippen LogP contribution in [0.3, 0.4) is 0 Å². The molecule has 2 aliphatic carbocycles. The summed E-state index contributed by atoms with van der Waals surface area (Å²) in [5.41, 5.74) is -0.895. The molecule has 14 heteroatoms. The lowest BCUT2D eigenvalue weighted by Gasteiger charge is -2.32. The molecule has 4 saturated heterocycles. The Morgan fingerprint density at radius 3 is 1.21 bits per heavy atom. The Bertz CT molecular complexity index is 637. The van der Waals surface area contributed by atoms with Crippen molar-refractivity contribution >= 4 is 116 Å². The fraction of sp³-hybridized carbons (Fsp3) is 0.714. The van der Waals surface area contributed by atoms with Gasteiger partial charge in [0.2, 0.25) is 0 Å². The van der Waals surface area contributed by atoms with Crippen LogP contribution in [0.2, 0.25) is 0 Å². The van der Waals surface area contributed by atoms with Crippen molar-refractivity contribution in [3.63, 3.8) is 0 Å². The number of hydrogen-bond acceptors (Lipinski definition) is 8. The third kappa shape index (κ3) is 3.86. The van der Waals surface area contributed by atoms with E-state index in [1.54, 1.807) is 102 Å². The number of carbonyl (C=O) groups is 4. The van der Waals surface area contributed by atoms with Crippen molar-refractivity contribution < 1.29 is 31.4 Å². The van der Waals surface area contributed by atoms with Gasteiger partial charge in [-0.05, 0) is 25.7 Å². The quantitative estimate of drug-likeness (QED) is 0.388. The average molecular weight is 846 g/mol. The molecule has 0 N–H and O–H groups in total. The van der Waals surface area contributed by atoms with Crippen molar-refractivity contribution in [1.82, 2.24) is 9.80 Å². The van der Waals surface area contributed by atoms with Crippen LogP contribution in [0.5, 0.6) is 0 Å². The Balaban J connectivity index is 0.000000161. The smallest absolute Gasteiger partial charge is 0.394 e. The molecule has 0 aromatic carbocycles. The molecule has 0 spiro atoms. The predicted molar refractivity (Wildman–Crippen MR) is 126 cm³/mol. The van der Waals surface area contributed by atoms with Crippen LogP contribution in [0.1, 0.15) is 25.7 Å². The van der Waals surface area contributed by atoms with E-state index in [1.807, 2.05) is 0 Å². The zero-order valence-electron chi connectivity index (χ0n) is 14.1. The minimum atomic E-state index is -0.448. The van der Waals surface area contributed by atoms with Crippen LogP contribution in [-0.2, 0) is 21.9 Å². The molecule has 4 heterocycles. The van der Waals surface area contributed by atoms with Crippen LogP contribution in [0.25, 0.3) is 0 Å². The van der Waals surface area contributed by atoms with Crippen LogP contribution in [0.4, 0.5) is 9.59 Å². The molecule has 6 rings (SSSR count). The van der Waals surface area contributed by atoms with E-state index >= 15 is 0 Å². The Hall–Kier alpha value is 0.400. The summed E-state index contributed by atoms with van der Waals surface area (Å²) in [5, 5.41) is 0. The first-order valence-electron chi connectivity index (χ1n) is 8.10. The monoisotopic (exact) mass is 846 g/mol. The van der Waals surface area contributed by atoms with E-state index in [9.17, 15) is 19.2 Å². The number of carbonyl (C=O) groups excluding carboxylic acids is 4. The lowest BCUT2D eigenvalue weighted by molar-refractivity contribution is -0.145. The lowest BCUT2D eigenvalue weighted by Crippen LogP contribution is -2.41. The molecular formula is C14H14I4N2O8. The van der Waals surface area contributed by atoms with Crippen molar-refractivity contribution in [3.8, 4) is 0 Å². The highest BCUT2D eigenvalue weighted by Crippen LogP contribution is 2.53. The van der Waals surface area contributed by atoms with Crippen LogP contribution >= 0.6 is 92.0 Å². The number of halogens is 4. The summed E-state index contributed by atoms with van der Waals surface area (Å²) in [5.74, 6) is -0.448. The summed E-state index contributed by atoms with van der Waals surface area (Å²) >= 11 is 6.28. The highest BCUT2D eigenvalue weighted by molar-refractivity contribution is 14.1. The fourth-order valence-electron chi connectivity index (χ4n) is 4.44. The second kappa shape index (κ2) is 8.87. The summed E-state index contributed by atoms with van der Waals surface area (Å²) < 4.78 is 18.6. The SMILES string of the molecule is O=C(OI)N1CC2(C(=O)OI)CC1C2.O=C(OI)N1CC2(C(=O)OI)CC1C2. The number of nitrogens with zero attached hydrogens (tertiary/aromatic N) is 2. The minimum absolute atomic E-state index is 0.160. The molecule has 6 aliphatic rings. The van der Waals surface area contributed by atoms with Gasteiger partial charge in [0.15, 0.2) is 92.0 Å². The van der Waals surface area contributed by atoms with Gasteiger partial charge >= 0.3 is 24.1 Å². The molecule has 2 amide bonds. The zero-order chi connectivity index (χ0) is 20.7. The molecule has 156 valence electrons. The molecule has 0 atom stereocenters. The average Bonchev–Trinajstić information content (AvgIpc) is 3.41. The van der Waals surface area contributed by atoms with Gasteiger partial charge in [0.05, 0.1) is 10.8 Å². The van der Waals surface area contributed by atoms with Gasteiger partial charge < -0.3 is 22.1 Å². The second-order valence-electron chi connectivity index (χ2n) is 7.36. The van der Waals surface area contributed by atoms with Gasteiger partial charge in [-0.1, -0.05) is 0 Å². The standard InChI is InChI=1S/2C7H7I2NO4/c2*8-13-5(11)7-1-4(2-7)10(3-7)6(12)14-9/h2*4H,1-3H2. The molecule has 2 saturated carbocycles. The summed E-state index contributed by atoms with van der Waals surface area (Å²) in [6, 6.07) is 0.320. The van der Waals surface area contributed by atoms with Gasteiger partial charge in [-0.2, -0.15) is 0 Å². The highest BCUT2D eigenvalue weighted by Gasteiger charge is 2.63. The van der Waals surface area contributed by atoms with Crippen molar-refractivity contribution in [1.29, 1.82) is 0 Å². The number of fused-ring (bicyclic) bond motifs is 2. The zero-order valence-corrected chi connectivity index (χ0v) is 22.7. The highest BCUT2D eigenvalue weighted by atomic mass is 127. The molecular weight excluding hydrogens is 832 g/mol. The summed E-state index contributed by atoms with van der Waals surface area (Å²) in [6.45, 7) is 0.864. The van der Waals surface area contributed by atoms with E-state index < -0.39 is 10.8 Å². The fourth-order valence-corrected chi connectivity index (χ4v) is 5.88. The van der Waals surface area contributed by atoms with Gasteiger partial charge in [0, 0.05) is 25.2 Å². The Morgan fingerprint density at radius 1 is 0.643 bits per heavy atom. The van der Waals surface area contributed by atoms with Crippen LogP contribution in [0, 0.1) is 10.8 Å². The topological polar surface area (TPSA) is 112 Å². The van der Waals surface area contributed by atoms with E-state index in [0.717, 1.165) is 0 Å². The van der Waals surface area contributed by atoms with Crippen molar-refractivity contribution in [2.75, 3.05) is 13.1 Å². The molecule has 0 unspecified atom stereocenters. The molecule has 4 aliphatic heterocycles. The largest absolute Gasteiger partial charge is 0.419 e. The first kappa shape index (κ1) is 23.1. The van der Waals surface area contributed by atoms with Gasteiger partial charge in [-0.3, -0.25) is 9.59 Å². The Morgan fingerprint density at radius 2 is 0.964 bits per heavy atom. The maximum atomic E-state index is 11.4. The third-order valence-corrected chi connectivity index (χ3v) is 7.49. The van der Waals surface area contributed by atoms with Crippen LogP contribution in [0.15, 0.2) is 0 Å². The van der Waals surface area contributed by atoms with E-state index in [2.05, 4.69) is 12.3 Å². The van der Waals surface area contributed by atoms with Crippen LogP contribution < -0.4 is 0 Å². The van der Waals surface area contributed by atoms with Gasteiger partial charge in [0.1, 0.15) is 0 Å². The summed E-state index contributed by atoms with van der Waals surface area (Å²) in [7, 11) is 0. The minimum Gasteiger partial charge on any atom is -0.394 e. The van der Waals surface area contributed by atoms with Gasteiger partial charge in [-0.25, -0.2) is 9.59 Å². The predicted octanol–water partition coefficient (Wildman–Crippen LogP) is 3.66. The second-order valence-corrected chi connectivity index (χ2v) is 9.12. The summed E-state index contributed by atoms with van der Waals surface area (Å²) in [4.78, 5) is 48.5. The molecule has 0 radical (unpaired) electrons. The number of amides is 2. The molecule has 28 heavy (non-hydrogen) atoms. The third-order valence-electron chi connectivity index (χ3n) is 5.94. The molecule has 10 nitrogen and oxygen atoms in total. The van der Waals surface area contributed by atoms with E-state index in [1.165, 1.54) is 0 Å². The van der Waals surface area contributed by atoms with Crippen molar-refractivity contribution in [2.24, 2.45) is 10.8 Å². The first-order valence-corrected chi connectivity index (χ1v) is 11.6. The molecule has 4 bridgehead atoms. The van der Waals surface area contributed by atoms with E-state index in [-0.39, 0.29) is 36.2 Å². The van der Waals surface area contributed by atoms with Crippen LogP contribution in [-0.4, -0.2) is 59.1 Å². The maximum Gasteiger partial charge on any atom is 0.419 e. The van der Waals surface area contributed by atoms with Gasteiger partial charge in [0.25, 0.3) is 0 Å². The first-order chi connectivity index (χ1) is 13.3. The Labute approximate surface area is 216 Å². The molecule has 6 fully saturated rings. The normalized spacial score (nSPS) is 33.6. The van der Waals surface area contributed by atoms with Crippen molar-refractivity contribution in [3.05, 3.63) is 0 Å². The maximum absolute atomic E-state index is 11.4. The lowest BCUT2D eigenvalue weighted by atomic mass is 9.70. The summed E-state index contributed by atoms with van der Waals surface area (Å²) in [6.07, 6.45) is 2.11. The molecule has 0 aromatic heterocycles. The van der Waals surface area contributed by atoms with E-state index in [0.29, 0.717) is 38.8 Å².